The molecule has 0 spiro atoms. The minimum atomic E-state index is 0.600. The van der Waals surface area contributed by atoms with Crippen LogP contribution in [0.1, 0.15) is 0 Å². The van der Waals surface area contributed by atoms with E-state index in [-0.39, 0.29) is 0 Å². The molecular weight excluding hydrogens is 647 g/mol. The highest BCUT2D eigenvalue weighted by atomic mass is 16.3. The van der Waals surface area contributed by atoms with Gasteiger partial charge in [-0.05, 0) is 73.1 Å². The minimum absolute atomic E-state index is 0.600. The molecule has 0 unspecified atom stereocenters. The molecule has 0 saturated carbocycles. The first-order valence-corrected chi connectivity index (χ1v) is 17.9. The van der Waals surface area contributed by atoms with Crippen LogP contribution in [0.3, 0.4) is 0 Å². The van der Waals surface area contributed by atoms with E-state index in [0.29, 0.717) is 17.5 Å². The molecule has 4 heteroatoms. The van der Waals surface area contributed by atoms with Crippen molar-refractivity contribution in [3.8, 4) is 45.3 Å². The van der Waals surface area contributed by atoms with Gasteiger partial charge in [0.2, 0.25) is 0 Å². The van der Waals surface area contributed by atoms with E-state index in [9.17, 15) is 0 Å². The quantitative estimate of drug-likeness (QED) is 0.174. The van der Waals surface area contributed by atoms with E-state index in [2.05, 4.69) is 140 Å². The maximum absolute atomic E-state index is 6.70. The Morgan fingerprint density at radius 1 is 0.321 bits per heavy atom. The highest BCUT2D eigenvalue weighted by molar-refractivity contribution is 6.26. The lowest BCUT2D eigenvalue weighted by atomic mass is 9.93. The monoisotopic (exact) mass is 675 g/mol. The van der Waals surface area contributed by atoms with Crippen LogP contribution in [0.5, 0.6) is 0 Å². The van der Waals surface area contributed by atoms with Gasteiger partial charge in [-0.2, -0.15) is 0 Å². The SMILES string of the molecule is c1ccc(-c2ccc3cc(-c4nc(-c5ccccc5)nc(-c5ccc6c7ccccc7c7ccccc7c6c5)n4)c4c5ccccc5oc4c3c2)cc1. The molecule has 246 valence electrons. The molecule has 0 aliphatic carbocycles. The third kappa shape index (κ3) is 4.73. The lowest BCUT2D eigenvalue weighted by molar-refractivity contribution is 0.672. The summed E-state index contributed by atoms with van der Waals surface area (Å²) in [6, 6.07) is 61.5. The van der Waals surface area contributed by atoms with Crippen LogP contribution >= 0.6 is 0 Å². The minimum Gasteiger partial charge on any atom is -0.455 e. The van der Waals surface area contributed by atoms with Crippen LogP contribution in [0, 0.1) is 0 Å². The van der Waals surface area contributed by atoms with Gasteiger partial charge in [-0.3, -0.25) is 0 Å². The molecule has 0 fully saturated rings. The van der Waals surface area contributed by atoms with Crippen molar-refractivity contribution in [2.45, 2.75) is 0 Å². The predicted molar refractivity (Wildman–Crippen MR) is 219 cm³/mol. The van der Waals surface area contributed by atoms with E-state index < -0.39 is 0 Å². The van der Waals surface area contributed by atoms with Crippen LogP contribution in [0.25, 0.3) is 110 Å². The average molecular weight is 676 g/mol. The third-order valence-corrected chi connectivity index (χ3v) is 10.5. The summed E-state index contributed by atoms with van der Waals surface area (Å²) in [6.45, 7) is 0. The molecule has 2 aromatic heterocycles. The summed E-state index contributed by atoms with van der Waals surface area (Å²) >= 11 is 0. The number of aromatic nitrogens is 3. The van der Waals surface area contributed by atoms with Crippen molar-refractivity contribution in [1.82, 2.24) is 15.0 Å². The maximum Gasteiger partial charge on any atom is 0.164 e. The Labute approximate surface area is 304 Å². The first-order chi connectivity index (χ1) is 26.3. The van der Waals surface area contributed by atoms with Crippen molar-refractivity contribution in [3.05, 3.63) is 176 Å². The Hall–Kier alpha value is -7.17. The smallest absolute Gasteiger partial charge is 0.164 e. The highest BCUT2D eigenvalue weighted by Gasteiger charge is 2.21. The Morgan fingerprint density at radius 2 is 0.830 bits per heavy atom. The molecule has 0 radical (unpaired) electrons. The molecule has 11 aromatic rings. The van der Waals surface area contributed by atoms with E-state index in [1.54, 1.807) is 0 Å². The molecule has 2 heterocycles. The molecule has 0 saturated heterocycles. The zero-order valence-corrected chi connectivity index (χ0v) is 28.5. The number of nitrogens with zero attached hydrogens (tertiary/aromatic N) is 3. The number of benzene rings is 9. The van der Waals surface area contributed by atoms with Crippen LogP contribution in [-0.2, 0) is 0 Å². The van der Waals surface area contributed by atoms with Crippen molar-refractivity contribution < 1.29 is 4.42 Å². The van der Waals surface area contributed by atoms with Crippen LogP contribution in [0.4, 0.5) is 0 Å². The normalized spacial score (nSPS) is 11.8. The van der Waals surface area contributed by atoms with Crippen molar-refractivity contribution in [2.24, 2.45) is 0 Å². The fourth-order valence-electron chi connectivity index (χ4n) is 7.98. The first kappa shape index (κ1) is 29.5. The Morgan fingerprint density at radius 3 is 1.53 bits per heavy atom. The van der Waals surface area contributed by atoms with Gasteiger partial charge in [0.15, 0.2) is 17.5 Å². The maximum atomic E-state index is 6.70. The summed E-state index contributed by atoms with van der Waals surface area (Å²) in [5, 5.41) is 11.4. The van der Waals surface area contributed by atoms with Gasteiger partial charge in [-0.15, -0.1) is 0 Å². The fourth-order valence-corrected chi connectivity index (χ4v) is 7.98. The lowest BCUT2D eigenvalue weighted by Crippen LogP contribution is -2.00. The van der Waals surface area contributed by atoms with Gasteiger partial charge in [-0.25, -0.2) is 15.0 Å². The largest absolute Gasteiger partial charge is 0.455 e. The third-order valence-electron chi connectivity index (χ3n) is 10.5. The molecule has 53 heavy (non-hydrogen) atoms. The Bertz CT molecular complexity index is 3190. The molecule has 0 aliphatic rings. The molecule has 9 aromatic carbocycles. The van der Waals surface area contributed by atoms with Gasteiger partial charge in [0, 0.05) is 32.8 Å². The molecule has 0 atom stereocenters. The molecular formula is C49H29N3O. The van der Waals surface area contributed by atoms with Crippen LogP contribution in [0.2, 0.25) is 0 Å². The van der Waals surface area contributed by atoms with Crippen LogP contribution < -0.4 is 0 Å². The molecule has 0 amide bonds. The van der Waals surface area contributed by atoms with Gasteiger partial charge < -0.3 is 4.42 Å². The van der Waals surface area contributed by atoms with Crippen molar-refractivity contribution >= 4 is 65.0 Å². The topological polar surface area (TPSA) is 51.8 Å². The second-order valence-electron chi connectivity index (χ2n) is 13.6. The van der Waals surface area contributed by atoms with Gasteiger partial charge in [0.05, 0.1) is 0 Å². The summed E-state index contributed by atoms with van der Waals surface area (Å²) in [4.78, 5) is 15.6. The van der Waals surface area contributed by atoms with Gasteiger partial charge in [0.1, 0.15) is 11.2 Å². The summed E-state index contributed by atoms with van der Waals surface area (Å²) < 4.78 is 6.70. The van der Waals surface area contributed by atoms with Crippen LogP contribution in [-0.4, -0.2) is 15.0 Å². The molecule has 4 nitrogen and oxygen atoms in total. The number of fused-ring (bicyclic) bond motifs is 11. The molecule has 0 N–H and O–H groups in total. The molecule has 0 bridgehead atoms. The van der Waals surface area contributed by atoms with E-state index in [0.717, 1.165) is 60.5 Å². The Balaban J connectivity index is 1.19. The first-order valence-electron chi connectivity index (χ1n) is 17.9. The number of furan rings is 1. The van der Waals surface area contributed by atoms with Gasteiger partial charge >= 0.3 is 0 Å². The van der Waals surface area contributed by atoms with Crippen molar-refractivity contribution in [2.75, 3.05) is 0 Å². The van der Waals surface area contributed by atoms with E-state index >= 15 is 0 Å². The number of rotatable bonds is 4. The summed E-state index contributed by atoms with van der Waals surface area (Å²) in [5.74, 6) is 1.84. The zero-order chi connectivity index (χ0) is 34.9. The van der Waals surface area contributed by atoms with E-state index in [4.69, 9.17) is 19.4 Å². The highest BCUT2D eigenvalue weighted by Crippen LogP contribution is 2.42. The average Bonchev–Trinajstić information content (AvgIpc) is 3.64. The van der Waals surface area contributed by atoms with Gasteiger partial charge in [-0.1, -0.05) is 152 Å². The molecule has 0 aliphatic heterocycles. The summed E-state index contributed by atoms with van der Waals surface area (Å²) in [7, 11) is 0. The Kier molecular flexibility index (Phi) is 6.52. The number of hydrogen-bond acceptors (Lipinski definition) is 4. The molecule has 11 rings (SSSR count). The second kappa shape index (κ2) is 11.7. The summed E-state index contributed by atoms with van der Waals surface area (Å²) in [6.07, 6.45) is 0. The number of para-hydroxylation sites is 1. The predicted octanol–water partition coefficient (Wildman–Crippen LogP) is 13.1. The van der Waals surface area contributed by atoms with Crippen LogP contribution in [0.15, 0.2) is 180 Å². The standard InChI is InChI=1S/C49H29N3O/c1-3-13-30(14-4-1)32-23-24-33-28-43(45-40-21-11-12-22-44(40)53-46(45)41(33)27-32)49-51-47(31-15-5-2-6-16-31)50-48(52-49)34-25-26-39-37-19-8-7-17-35(37)36-18-9-10-20-38(36)42(39)29-34/h1-29H. The van der Waals surface area contributed by atoms with E-state index in [1.807, 2.05) is 36.4 Å². The fraction of sp³-hybridized carbons (Fsp3) is 0. The number of hydrogen-bond donors (Lipinski definition) is 0. The van der Waals surface area contributed by atoms with E-state index in [1.165, 1.54) is 32.3 Å². The zero-order valence-electron chi connectivity index (χ0n) is 28.5. The van der Waals surface area contributed by atoms with Crippen molar-refractivity contribution in [1.29, 1.82) is 0 Å². The lowest BCUT2D eigenvalue weighted by Gasteiger charge is -2.13. The van der Waals surface area contributed by atoms with Gasteiger partial charge in [0.25, 0.3) is 0 Å². The summed E-state index contributed by atoms with van der Waals surface area (Å²) in [5.41, 5.74) is 6.71. The van der Waals surface area contributed by atoms with Crippen molar-refractivity contribution in [3.63, 3.8) is 0 Å². The second-order valence-corrected chi connectivity index (χ2v) is 13.6.